The number of aromatic nitrogens is 4. The molecule has 2 aliphatic rings. The average molecular weight is 609 g/mol. The number of pyridine rings is 1. The number of anilines is 2. The molecule has 3 amide bonds. The fourth-order valence-electron chi connectivity index (χ4n) is 6.42. The Morgan fingerprint density at radius 2 is 1.50 bits per heavy atom. The van der Waals surface area contributed by atoms with E-state index in [1.54, 1.807) is 4.90 Å². The highest BCUT2D eigenvalue weighted by Gasteiger charge is 2.24. The van der Waals surface area contributed by atoms with Crippen LogP contribution in [0.5, 0.6) is 0 Å². The van der Waals surface area contributed by atoms with E-state index in [4.69, 9.17) is 4.98 Å². The van der Waals surface area contributed by atoms with Gasteiger partial charge < -0.3 is 4.90 Å². The number of hydrogen-bond donors (Lipinski definition) is 1. The van der Waals surface area contributed by atoms with Crippen molar-refractivity contribution in [3.05, 3.63) is 109 Å². The number of urea groups is 1. The summed E-state index contributed by atoms with van der Waals surface area (Å²) in [6.45, 7) is 5.11. The van der Waals surface area contributed by atoms with Gasteiger partial charge in [-0.05, 0) is 53.1 Å². The van der Waals surface area contributed by atoms with Crippen molar-refractivity contribution in [3.63, 3.8) is 0 Å². The summed E-state index contributed by atoms with van der Waals surface area (Å²) in [5, 5.41) is 8.10. The fourth-order valence-corrected chi connectivity index (χ4v) is 6.42. The molecule has 0 aliphatic carbocycles. The lowest BCUT2D eigenvalue weighted by Crippen LogP contribution is -2.49. The number of amides is 3. The third-order valence-corrected chi connectivity index (χ3v) is 8.94. The highest BCUT2D eigenvalue weighted by atomic mass is 16.2. The van der Waals surface area contributed by atoms with Crippen molar-refractivity contribution in [1.82, 2.24) is 29.8 Å². The topological polar surface area (TPSA) is 99.0 Å². The number of nitrogens with zero attached hydrogens (tertiary/aromatic N) is 7. The number of carbonyl (C=O) groups excluding carboxylic acids is 2. The van der Waals surface area contributed by atoms with Crippen molar-refractivity contribution in [1.29, 1.82) is 0 Å². The van der Waals surface area contributed by atoms with Crippen molar-refractivity contribution < 1.29 is 9.59 Å². The van der Waals surface area contributed by atoms with Crippen LogP contribution >= 0.6 is 0 Å². The summed E-state index contributed by atoms with van der Waals surface area (Å²) < 4.78 is 1.85. The Hall–Kier alpha value is -5.61. The van der Waals surface area contributed by atoms with Crippen LogP contribution in [0, 0.1) is 0 Å². The monoisotopic (exact) mass is 608 g/mol. The summed E-state index contributed by atoms with van der Waals surface area (Å²) in [5.41, 5.74) is 9.18. The van der Waals surface area contributed by atoms with Gasteiger partial charge in [0, 0.05) is 92.2 Å². The summed E-state index contributed by atoms with van der Waals surface area (Å²) in [6.07, 6.45) is 8.00. The van der Waals surface area contributed by atoms with Crippen molar-refractivity contribution in [2.75, 3.05) is 42.5 Å². The summed E-state index contributed by atoms with van der Waals surface area (Å²) in [4.78, 5) is 39.4. The number of nitrogens with one attached hydrogen (secondary N) is 1. The molecule has 6 aromatic rings. The second kappa shape index (κ2) is 11.7. The van der Waals surface area contributed by atoms with E-state index in [2.05, 4.69) is 67.7 Å². The minimum atomic E-state index is -0.353. The van der Waals surface area contributed by atoms with Gasteiger partial charge in [-0.1, -0.05) is 42.5 Å². The molecule has 8 rings (SSSR count). The average Bonchev–Trinajstić information content (AvgIpc) is 3.52. The molecular formula is C36H32N8O2. The van der Waals surface area contributed by atoms with E-state index in [0.717, 1.165) is 77.2 Å². The van der Waals surface area contributed by atoms with Crippen LogP contribution in [0.4, 0.5) is 16.2 Å². The normalized spacial score (nSPS) is 15.9. The molecule has 3 aromatic carbocycles. The molecule has 10 nitrogen and oxygen atoms in total. The lowest BCUT2D eigenvalue weighted by Gasteiger charge is -2.36. The molecule has 10 heteroatoms. The van der Waals surface area contributed by atoms with Crippen LogP contribution in [0.2, 0.25) is 0 Å². The maximum Gasteiger partial charge on any atom is 0.328 e. The molecule has 0 spiro atoms. The largest absolute Gasteiger partial charge is 0.369 e. The number of fused-ring (bicyclic) bond motifs is 2. The van der Waals surface area contributed by atoms with Gasteiger partial charge in [-0.2, -0.15) is 5.10 Å². The van der Waals surface area contributed by atoms with Gasteiger partial charge in [0.25, 0.3) is 0 Å². The first-order valence-corrected chi connectivity index (χ1v) is 15.5. The first-order valence-electron chi connectivity index (χ1n) is 15.5. The summed E-state index contributed by atoms with van der Waals surface area (Å²) in [7, 11) is 0. The van der Waals surface area contributed by atoms with Crippen molar-refractivity contribution in [3.8, 4) is 22.3 Å². The van der Waals surface area contributed by atoms with Crippen LogP contribution in [0.25, 0.3) is 38.8 Å². The van der Waals surface area contributed by atoms with Gasteiger partial charge in [0.1, 0.15) is 0 Å². The van der Waals surface area contributed by atoms with Crippen molar-refractivity contribution >= 4 is 39.9 Å². The molecule has 0 bridgehead atoms. The van der Waals surface area contributed by atoms with Crippen LogP contribution in [0.15, 0.2) is 104 Å². The van der Waals surface area contributed by atoms with Gasteiger partial charge in [0.05, 0.1) is 11.7 Å². The highest BCUT2D eigenvalue weighted by molar-refractivity contribution is 6.05. The first-order chi connectivity index (χ1) is 22.6. The maximum absolute atomic E-state index is 12.1. The lowest BCUT2D eigenvalue weighted by molar-refractivity contribution is -0.120. The Labute approximate surface area is 265 Å². The van der Waals surface area contributed by atoms with E-state index < -0.39 is 0 Å². The molecule has 0 saturated carbocycles. The zero-order chi connectivity index (χ0) is 31.0. The predicted molar refractivity (Wildman–Crippen MR) is 179 cm³/mol. The second-order valence-electron chi connectivity index (χ2n) is 11.8. The van der Waals surface area contributed by atoms with Crippen molar-refractivity contribution in [2.24, 2.45) is 0 Å². The highest BCUT2D eigenvalue weighted by Crippen LogP contribution is 2.31. The van der Waals surface area contributed by atoms with Gasteiger partial charge in [-0.25, -0.2) is 14.3 Å². The van der Waals surface area contributed by atoms with E-state index in [1.165, 1.54) is 11.3 Å². The molecule has 0 atom stereocenters. The summed E-state index contributed by atoms with van der Waals surface area (Å²) >= 11 is 0. The molecular weight excluding hydrogens is 576 g/mol. The molecule has 46 heavy (non-hydrogen) atoms. The van der Waals surface area contributed by atoms with Crippen LogP contribution in [0.3, 0.4) is 0 Å². The van der Waals surface area contributed by atoms with Crippen LogP contribution < -0.4 is 15.1 Å². The summed E-state index contributed by atoms with van der Waals surface area (Å²) in [5.74, 6) is -0.220. The minimum Gasteiger partial charge on any atom is -0.369 e. The maximum atomic E-state index is 12.1. The van der Waals surface area contributed by atoms with E-state index in [1.807, 2.05) is 65.7 Å². The molecule has 3 aromatic heterocycles. The van der Waals surface area contributed by atoms with Crippen LogP contribution in [-0.4, -0.2) is 69.1 Å². The molecule has 5 heterocycles. The Morgan fingerprint density at radius 3 is 2.30 bits per heavy atom. The SMILES string of the molecule is O=C1CCN(c2ccc(CN3CCN(c4ccc(-c5cnc6c(-c7ccnc8ccccc78)cnn6c5)cc4)CC3)cc2)C(=O)N1. The van der Waals surface area contributed by atoms with Gasteiger partial charge in [0.2, 0.25) is 5.91 Å². The lowest BCUT2D eigenvalue weighted by atomic mass is 10.0. The van der Waals surface area contributed by atoms with Gasteiger partial charge in [-0.3, -0.25) is 24.9 Å². The van der Waals surface area contributed by atoms with E-state index in [9.17, 15) is 9.59 Å². The number of carbonyl (C=O) groups is 2. The first kappa shape index (κ1) is 27.9. The van der Waals surface area contributed by atoms with Crippen molar-refractivity contribution in [2.45, 2.75) is 13.0 Å². The molecule has 1 N–H and O–H groups in total. The number of benzene rings is 3. The number of hydrogen-bond acceptors (Lipinski definition) is 7. The second-order valence-corrected chi connectivity index (χ2v) is 11.8. The van der Waals surface area contributed by atoms with E-state index >= 15 is 0 Å². The van der Waals surface area contributed by atoms with Crippen LogP contribution in [0.1, 0.15) is 12.0 Å². The van der Waals surface area contributed by atoms with Gasteiger partial charge in [0.15, 0.2) is 5.65 Å². The molecule has 2 saturated heterocycles. The zero-order valence-electron chi connectivity index (χ0n) is 25.2. The van der Waals surface area contributed by atoms with E-state index in [-0.39, 0.29) is 11.9 Å². The third kappa shape index (κ3) is 5.33. The number of imide groups is 1. The molecule has 2 aliphatic heterocycles. The summed E-state index contributed by atoms with van der Waals surface area (Å²) in [6, 6.07) is 26.6. The van der Waals surface area contributed by atoms with E-state index in [0.29, 0.717) is 13.0 Å². The quantitative estimate of drug-likeness (QED) is 0.271. The number of para-hydroxylation sites is 1. The third-order valence-electron chi connectivity index (χ3n) is 8.94. The zero-order valence-corrected chi connectivity index (χ0v) is 25.2. The molecule has 0 radical (unpaired) electrons. The standard InChI is InChI=1S/C36H32N8O2/c45-34-14-16-43(36(46)40-34)29-9-5-25(6-10-29)23-41-17-19-42(20-18-41)28-11-7-26(8-12-28)27-21-38-35-32(22-39-44(35)24-27)30-13-15-37-33-4-2-1-3-31(30)33/h1-13,15,21-22,24H,14,16-20,23H2,(H,40,45,46). The molecule has 2 fully saturated rings. The fraction of sp³-hybridized carbons (Fsp3) is 0.194. The Kier molecular flexibility index (Phi) is 7.11. The number of piperazine rings is 1. The van der Waals surface area contributed by atoms with Gasteiger partial charge in [-0.15, -0.1) is 0 Å². The van der Waals surface area contributed by atoms with Crippen LogP contribution in [-0.2, 0) is 11.3 Å². The Balaban J connectivity index is 0.901. The Morgan fingerprint density at radius 1 is 0.717 bits per heavy atom. The molecule has 228 valence electrons. The Bertz CT molecular complexity index is 2060. The smallest absolute Gasteiger partial charge is 0.328 e. The minimum absolute atomic E-state index is 0.220. The van der Waals surface area contributed by atoms with Gasteiger partial charge >= 0.3 is 6.03 Å². The predicted octanol–water partition coefficient (Wildman–Crippen LogP) is 5.38. The number of rotatable bonds is 6. The molecule has 0 unspecified atom stereocenters.